The summed E-state index contributed by atoms with van der Waals surface area (Å²) < 4.78 is 10.8. The summed E-state index contributed by atoms with van der Waals surface area (Å²) >= 11 is 0. The lowest BCUT2D eigenvalue weighted by atomic mass is 10.1. The van der Waals surface area contributed by atoms with Crippen LogP contribution in [0.1, 0.15) is 15.9 Å². The summed E-state index contributed by atoms with van der Waals surface area (Å²) in [5.41, 5.74) is 1.61. The summed E-state index contributed by atoms with van der Waals surface area (Å²) in [5.74, 6) is 7.03. The third-order valence-corrected chi connectivity index (χ3v) is 3.43. The number of ether oxygens (including phenoxy) is 2. The molecule has 0 unspecified atom stereocenters. The van der Waals surface area contributed by atoms with E-state index in [-0.39, 0.29) is 19.1 Å². The van der Waals surface area contributed by atoms with Crippen molar-refractivity contribution in [3.8, 4) is 23.3 Å². The highest BCUT2D eigenvalue weighted by Crippen LogP contribution is 2.18. The normalized spacial score (nSPS) is 9.48. The highest BCUT2D eigenvalue weighted by atomic mass is 16.5. The van der Waals surface area contributed by atoms with Gasteiger partial charge in [-0.1, -0.05) is 42.2 Å². The SMILES string of the molecule is C=CCc1ccccc1OCC#CCNC(=O)c1cccc(OC)c1. The first-order chi connectivity index (χ1) is 12.2. The molecule has 0 atom stereocenters. The van der Waals surface area contributed by atoms with Crippen molar-refractivity contribution in [1.82, 2.24) is 5.32 Å². The van der Waals surface area contributed by atoms with Crippen LogP contribution in [0.3, 0.4) is 0 Å². The molecule has 0 aliphatic heterocycles. The van der Waals surface area contributed by atoms with E-state index in [0.29, 0.717) is 11.3 Å². The number of methoxy groups -OCH3 is 1. The van der Waals surface area contributed by atoms with Crippen LogP contribution >= 0.6 is 0 Å². The molecule has 0 aromatic heterocycles. The summed E-state index contributed by atoms with van der Waals surface area (Å²) in [5, 5.41) is 2.74. The van der Waals surface area contributed by atoms with Crippen LogP contribution in [-0.4, -0.2) is 26.2 Å². The van der Waals surface area contributed by atoms with Gasteiger partial charge in [0.1, 0.15) is 18.1 Å². The van der Waals surface area contributed by atoms with Crippen LogP contribution in [0.5, 0.6) is 11.5 Å². The lowest BCUT2D eigenvalue weighted by Gasteiger charge is -2.07. The first kappa shape index (κ1) is 18.2. The molecule has 2 rings (SSSR count). The van der Waals surface area contributed by atoms with Gasteiger partial charge in [-0.2, -0.15) is 0 Å². The van der Waals surface area contributed by atoms with E-state index in [1.165, 1.54) is 0 Å². The fourth-order valence-corrected chi connectivity index (χ4v) is 2.19. The van der Waals surface area contributed by atoms with Crippen molar-refractivity contribution in [1.29, 1.82) is 0 Å². The molecule has 0 saturated carbocycles. The molecule has 4 heteroatoms. The minimum Gasteiger partial charge on any atom is -0.497 e. The van der Waals surface area contributed by atoms with Gasteiger partial charge in [0, 0.05) is 5.56 Å². The van der Waals surface area contributed by atoms with E-state index < -0.39 is 0 Å². The fourth-order valence-electron chi connectivity index (χ4n) is 2.19. The van der Waals surface area contributed by atoms with Crippen molar-refractivity contribution in [2.75, 3.05) is 20.3 Å². The number of carbonyl (C=O) groups is 1. The molecule has 0 saturated heterocycles. The number of allylic oxidation sites excluding steroid dienone is 1. The second kappa shape index (κ2) is 9.84. The first-order valence-corrected chi connectivity index (χ1v) is 7.94. The van der Waals surface area contributed by atoms with Gasteiger partial charge in [-0.05, 0) is 36.2 Å². The third kappa shape index (κ3) is 5.74. The van der Waals surface area contributed by atoms with Crippen molar-refractivity contribution < 1.29 is 14.3 Å². The zero-order valence-corrected chi connectivity index (χ0v) is 14.2. The second-order valence-corrected chi connectivity index (χ2v) is 5.16. The molecule has 1 amide bonds. The smallest absolute Gasteiger partial charge is 0.252 e. The molecule has 0 radical (unpaired) electrons. The Morgan fingerprint density at radius 3 is 2.84 bits per heavy atom. The first-order valence-electron chi connectivity index (χ1n) is 7.94. The van der Waals surface area contributed by atoms with Gasteiger partial charge in [-0.25, -0.2) is 0 Å². The minimum atomic E-state index is -0.189. The van der Waals surface area contributed by atoms with Gasteiger partial charge in [0.25, 0.3) is 5.91 Å². The summed E-state index contributed by atoms with van der Waals surface area (Å²) in [7, 11) is 1.57. The van der Waals surface area contributed by atoms with Crippen LogP contribution in [0.15, 0.2) is 61.2 Å². The molecule has 2 aromatic carbocycles. The average Bonchev–Trinajstić information content (AvgIpc) is 2.65. The monoisotopic (exact) mass is 335 g/mol. The summed E-state index contributed by atoms with van der Waals surface area (Å²) in [4.78, 5) is 12.0. The van der Waals surface area contributed by atoms with Crippen molar-refractivity contribution in [3.05, 3.63) is 72.3 Å². The number of amides is 1. The molecule has 0 bridgehead atoms. The summed E-state index contributed by atoms with van der Waals surface area (Å²) in [6.45, 7) is 4.26. The van der Waals surface area contributed by atoms with Gasteiger partial charge in [0.05, 0.1) is 13.7 Å². The Kier molecular flexibility index (Phi) is 7.14. The quantitative estimate of drug-likeness (QED) is 0.624. The minimum absolute atomic E-state index is 0.189. The molecule has 0 aliphatic rings. The standard InChI is InChI=1S/C21H21NO3/c1-3-9-17-10-4-5-13-20(17)25-15-7-6-14-22-21(23)18-11-8-12-19(16-18)24-2/h3-5,8,10-13,16H,1,9,14-15H2,2H3,(H,22,23). The van der Waals surface area contributed by atoms with Crippen LogP contribution in [0.2, 0.25) is 0 Å². The van der Waals surface area contributed by atoms with Crippen LogP contribution in [-0.2, 0) is 6.42 Å². The van der Waals surface area contributed by atoms with Gasteiger partial charge >= 0.3 is 0 Å². The number of carbonyl (C=O) groups excluding carboxylic acids is 1. The number of rotatable bonds is 7. The van der Waals surface area contributed by atoms with Crippen molar-refractivity contribution in [2.24, 2.45) is 0 Å². The fraction of sp³-hybridized carbons (Fsp3) is 0.190. The summed E-state index contributed by atoms with van der Waals surface area (Å²) in [6.07, 6.45) is 2.59. The van der Waals surface area contributed by atoms with Crippen molar-refractivity contribution in [2.45, 2.75) is 6.42 Å². The number of nitrogens with one attached hydrogen (secondary N) is 1. The summed E-state index contributed by atoms with van der Waals surface area (Å²) in [6, 6.07) is 14.8. The molecule has 0 heterocycles. The maximum Gasteiger partial charge on any atom is 0.252 e. The molecule has 4 nitrogen and oxygen atoms in total. The maximum absolute atomic E-state index is 12.0. The van der Waals surface area contributed by atoms with Crippen LogP contribution in [0.4, 0.5) is 0 Å². The van der Waals surface area contributed by atoms with E-state index >= 15 is 0 Å². The molecule has 0 aliphatic carbocycles. The van der Waals surface area contributed by atoms with E-state index in [9.17, 15) is 4.79 Å². The third-order valence-electron chi connectivity index (χ3n) is 3.43. The maximum atomic E-state index is 12.0. The highest BCUT2D eigenvalue weighted by molar-refractivity contribution is 5.94. The molecular formula is C21H21NO3. The van der Waals surface area contributed by atoms with E-state index in [4.69, 9.17) is 9.47 Å². The lowest BCUT2D eigenvalue weighted by molar-refractivity contribution is 0.0958. The number of benzene rings is 2. The van der Waals surface area contributed by atoms with Crippen LogP contribution < -0.4 is 14.8 Å². The Hall–Kier alpha value is -3.19. The van der Waals surface area contributed by atoms with Crippen LogP contribution in [0.25, 0.3) is 0 Å². The predicted octanol–water partition coefficient (Wildman–Crippen LogP) is 3.24. The Labute approximate surface area is 148 Å². The molecule has 0 spiro atoms. The van der Waals surface area contributed by atoms with Crippen LogP contribution in [0, 0.1) is 11.8 Å². The van der Waals surface area contributed by atoms with Gasteiger partial charge in [-0.3, -0.25) is 4.79 Å². The molecule has 2 aromatic rings. The van der Waals surface area contributed by atoms with E-state index in [1.54, 1.807) is 31.4 Å². The zero-order valence-electron chi connectivity index (χ0n) is 14.2. The number of para-hydroxylation sites is 1. The second-order valence-electron chi connectivity index (χ2n) is 5.16. The topological polar surface area (TPSA) is 47.6 Å². The number of hydrogen-bond donors (Lipinski definition) is 1. The van der Waals surface area contributed by atoms with Gasteiger partial charge < -0.3 is 14.8 Å². The largest absolute Gasteiger partial charge is 0.497 e. The van der Waals surface area contributed by atoms with E-state index in [1.807, 2.05) is 30.3 Å². The average molecular weight is 335 g/mol. The van der Waals surface area contributed by atoms with Gasteiger partial charge in [0.15, 0.2) is 0 Å². The van der Waals surface area contributed by atoms with E-state index in [2.05, 4.69) is 23.7 Å². The lowest BCUT2D eigenvalue weighted by Crippen LogP contribution is -2.23. The predicted molar refractivity (Wildman–Crippen MR) is 98.9 cm³/mol. The van der Waals surface area contributed by atoms with Gasteiger partial charge in [-0.15, -0.1) is 6.58 Å². The molecule has 128 valence electrons. The molecular weight excluding hydrogens is 314 g/mol. The molecule has 25 heavy (non-hydrogen) atoms. The Morgan fingerprint density at radius 1 is 1.20 bits per heavy atom. The van der Waals surface area contributed by atoms with Crippen molar-refractivity contribution >= 4 is 5.91 Å². The Bertz CT molecular complexity index is 787. The van der Waals surface area contributed by atoms with E-state index in [0.717, 1.165) is 17.7 Å². The Morgan fingerprint density at radius 2 is 2.04 bits per heavy atom. The molecule has 0 fully saturated rings. The molecule has 1 N–H and O–H groups in total. The van der Waals surface area contributed by atoms with Crippen molar-refractivity contribution in [3.63, 3.8) is 0 Å². The Balaban J connectivity index is 1.79. The highest BCUT2D eigenvalue weighted by Gasteiger charge is 2.04. The zero-order chi connectivity index (χ0) is 17.9. The van der Waals surface area contributed by atoms with Gasteiger partial charge in [0.2, 0.25) is 0 Å². The number of hydrogen-bond acceptors (Lipinski definition) is 3.